The Morgan fingerprint density at radius 1 is 0.230 bits per heavy atom. The molecule has 113 heavy (non-hydrogen) atoms. The fourth-order valence-electron chi connectivity index (χ4n) is 5.90. The summed E-state index contributed by atoms with van der Waals surface area (Å²) in [6.45, 7) is 43.1. The zero-order chi connectivity index (χ0) is 94.3. The molecule has 0 saturated carbocycles. The lowest BCUT2D eigenvalue weighted by atomic mass is 9.88. The predicted molar refractivity (Wildman–Crippen MR) is 371 cm³/mol. The molecule has 0 aliphatic carbocycles. The van der Waals surface area contributed by atoms with Crippen LogP contribution in [0.5, 0.6) is 0 Å². The Hall–Kier alpha value is -2.73. The Morgan fingerprint density at radius 2 is 0.496 bits per heavy atom. The Kier molecular flexibility index (Phi) is 76.4. The average molecular weight is 1760 g/mol. The van der Waals surface area contributed by atoms with Crippen molar-refractivity contribution < 1.29 is 171 Å². The van der Waals surface area contributed by atoms with E-state index in [1.807, 2.05) is 27.7 Å². The first kappa shape index (κ1) is 136. The van der Waals surface area contributed by atoms with E-state index in [0.29, 0.717) is 37.5 Å². The summed E-state index contributed by atoms with van der Waals surface area (Å²) in [6.07, 6.45) is -54.9. The van der Waals surface area contributed by atoms with Gasteiger partial charge in [0.25, 0.3) is 5.41 Å². The van der Waals surface area contributed by atoms with Gasteiger partial charge in [-0.3, -0.25) is 0 Å². The van der Waals surface area contributed by atoms with Gasteiger partial charge < -0.3 is 0 Å². The number of rotatable bonds is 23. The molecule has 0 rings (SSSR count). The largest absolute Gasteiger partial charge is 0.411 e. The first-order chi connectivity index (χ1) is 49.4. The van der Waals surface area contributed by atoms with Crippen LogP contribution in [0.4, 0.5) is 171 Å². The maximum absolute atomic E-state index is 11.8. The highest BCUT2D eigenvalue weighted by atomic mass is 19.5. The van der Waals surface area contributed by atoms with Gasteiger partial charge in [0.15, 0.2) is 5.92 Å². The molecule has 0 amide bonds. The molecule has 0 radical (unpaired) electrons. The number of hydrogen-bond donors (Lipinski definition) is 0. The van der Waals surface area contributed by atoms with Crippen molar-refractivity contribution in [3.63, 3.8) is 0 Å². The highest BCUT2D eigenvalue weighted by Gasteiger charge is 2.80. The van der Waals surface area contributed by atoms with Crippen molar-refractivity contribution in [1.82, 2.24) is 0 Å². The van der Waals surface area contributed by atoms with Crippen molar-refractivity contribution in [3.8, 4) is 0 Å². The van der Waals surface area contributed by atoms with Crippen molar-refractivity contribution in [2.45, 2.75) is 414 Å². The lowest BCUT2D eigenvalue weighted by molar-refractivity contribution is -0.420. The first-order valence-electron chi connectivity index (χ1n) is 37.3. The van der Waals surface area contributed by atoms with Crippen molar-refractivity contribution in [3.05, 3.63) is 0 Å². The quantitative estimate of drug-likeness (QED) is 0.0707. The van der Waals surface area contributed by atoms with Crippen molar-refractivity contribution in [2.24, 2.45) is 63.6 Å². The van der Waals surface area contributed by atoms with Crippen molar-refractivity contribution in [1.29, 1.82) is 0 Å². The Bertz CT molecular complexity index is 1980. The third-order valence-electron chi connectivity index (χ3n) is 16.5. The van der Waals surface area contributed by atoms with Crippen molar-refractivity contribution in [2.75, 3.05) is 0 Å². The molecule has 0 aromatic heterocycles. The normalized spacial score (nSPS) is 14.0. The average Bonchev–Trinajstić information content (AvgIpc) is 0.740. The number of alkyl halides is 39. The zero-order valence-electron chi connectivity index (χ0n) is 70.0. The van der Waals surface area contributed by atoms with E-state index in [0.717, 1.165) is 56.8 Å². The molecule has 0 unspecified atom stereocenters. The van der Waals surface area contributed by atoms with Crippen LogP contribution in [0.1, 0.15) is 334 Å². The van der Waals surface area contributed by atoms with Gasteiger partial charge >= 0.3 is 80.3 Å². The zero-order valence-corrected chi connectivity index (χ0v) is 70.0. The van der Waals surface area contributed by atoms with E-state index in [-0.39, 0.29) is 44.4 Å². The molecule has 0 aromatic carbocycles. The third kappa shape index (κ3) is 96.3. The summed E-state index contributed by atoms with van der Waals surface area (Å²) in [7, 11) is 0. The van der Waals surface area contributed by atoms with E-state index < -0.39 is 160 Å². The van der Waals surface area contributed by atoms with Crippen LogP contribution in [0.3, 0.4) is 0 Å². The number of unbranched alkanes of at least 4 members (excludes halogenated alkanes) is 6. The topological polar surface area (TPSA) is 0 Å². The molecular weight excluding hydrogens is 1630 g/mol. The van der Waals surface area contributed by atoms with Gasteiger partial charge in [0.05, 0.1) is 23.2 Å². The molecule has 0 bridgehead atoms. The van der Waals surface area contributed by atoms with Crippen LogP contribution in [0.15, 0.2) is 0 Å². The summed E-state index contributed by atoms with van der Waals surface area (Å²) < 4.78 is 453. The predicted octanol–water partition coefficient (Wildman–Crippen LogP) is 37.3. The van der Waals surface area contributed by atoms with Crippen LogP contribution in [-0.2, 0) is 0 Å². The maximum Gasteiger partial charge on any atom is 0.411 e. The summed E-state index contributed by atoms with van der Waals surface area (Å²) in [6, 6.07) is 0. The first-order valence-corrected chi connectivity index (χ1v) is 37.3. The fraction of sp³-hybridized carbons (Fsp3) is 1.00. The molecule has 4 atom stereocenters. The molecule has 39 heteroatoms. The van der Waals surface area contributed by atoms with E-state index in [9.17, 15) is 171 Å². The molecule has 0 N–H and O–H groups in total. The molecule has 0 nitrogen and oxygen atoms in total. The van der Waals surface area contributed by atoms with Crippen LogP contribution in [0.2, 0.25) is 0 Å². The molecule has 702 valence electrons. The van der Waals surface area contributed by atoms with Gasteiger partial charge in [-0.05, 0) is 81.0 Å². The standard InChI is InChI=1S/3C7H13F3.2C6H8F6.3C6H11F3.3C6H14.C5H3F9/c1-3-4-6(2)5-7(8,9)10;1-3-4-5-6(2)7(8,9)10;1-2-3-4-5-6-7(8,9)10;1-4(6(10,11)12)2-3-5(7,8)9;1-2-3-4(5(7,8)9)6(10,11)12;1-4-5(2,3)6(7,8)9;1-3-4-5(2)6(7,8)9;1-2-3-4-5-6(7,8)9;1-5-6(2,3)4;1-5(2)6(3)4;1-4-6(3)5-2;1-2(3(6,7)8,4(9,10)11)5(12,13)14/h2*6H,3-5H2,1-2H3;2-6H2,1H3;2*4H,2-3H2,1H3;4H2,1-3H3;5H,3-4H2,1-2H3;2-5H2,1H3;5H2,1-4H3;5-6H,1-4H3;6H,4-5H2,1-3H3;1H3/t2*6-;;4-;;;5-;;;;;/m00.0..0...../s1. The maximum atomic E-state index is 11.8. The highest BCUT2D eigenvalue weighted by Crippen LogP contribution is 2.59. The Labute approximate surface area is 647 Å². The van der Waals surface area contributed by atoms with Crippen LogP contribution in [-0.4, -0.2) is 80.3 Å². The molecule has 0 saturated heterocycles. The van der Waals surface area contributed by atoms with Gasteiger partial charge in [-0.2, -0.15) is 171 Å². The van der Waals surface area contributed by atoms with Crippen LogP contribution < -0.4 is 0 Å². The Balaban J connectivity index is -0.0000000992. The smallest absolute Gasteiger partial charge is 0.171 e. The fourth-order valence-corrected chi connectivity index (χ4v) is 5.90. The van der Waals surface area contributed by atoms with E-state index in [4.69, 9.17) is 0 Å². The molecule has 0 aromatic rings. The summed E-state index contributed by atoms with van der Waals surface area (Å²) >= 11 is 0. The minimum Gasteiger partial charge on any atom is -0.171 e. The number of hydrogen-bond acceptors (Lipinski definition) is 0. The van der Waals surface area contributed by atoms with E-state index in [1.165, 1.54) is 60.8 Å². The molecule has 0 aliphatic rings. The van der Waals surface area contributed by atoms with Crippen LogP contribution in [0.25, 0.3) is 0 Å². The summed E-state index contributed by atoms with van der Waals surface area (Å²) in [5.74, 6) is -4.91. The van der Waals surface area contributed by atoms with Crippen LogP contribution in [0, 0.1) is 63.6 Å². The van der Waals surface area contributed by atoms with Crippen molar-refractivity contribution >= 4 is 0 Å². The second-order valence-corrected chi connectivity index (χ2v) is 29.7. The monoisotopic (exact) mass is 1760 g/mol. The van der Waals surface area contributed by atoms with Gasteiger partial charge in [0, 0.05) is 25.7 Å². The molecular formula is C74H133F39. The molecule has 0 fully saturated rings. The summed E-state index contributed by atoms with van der Waals surface area (Å²) in [5.41, 5.74) is -6.67. The van der Waals surface area contributed by atoms with Gasteiger partial charge in [0.2, 0.25) is 0 Å². The second-order valence-electron chi connectivity index (χ2n) is 29.7. The minimum atomic E-state index is -6.43. The second kappa shape index (κ2) is 63.3. The Morgan fingerprint density at radius 3 is 0.646 bits per heavy atom. The van der Waals surface area contributed by atoms with E-state index in [1.54, 1.807) is 13.8 Å². The molecule has 0 heterocycles. The van der Waals surface area contributed by atoms with E-state index in [2.05, 4.69) is 76.2 Å². The summed E-state index contributed by atoms with van der Waals surface area (Å²) in [4.78, 5) is 0. The van der Waals surface area contributed by atoms with E-state index >= 15 is 0 Å². The lowest BCUT2D eigenvalue weighted by Gasteiger charge is -2.35. The number of halogens is 39. The molecule has 0 spiro atoms. The van der Waals surface area contributed by atoms with Gasteiger partial charge in [0.1, 0.15) is 0 Å². The van der Waals surface area contributed by atoms with Gasteiger partial charge in [-0.15, -0.1) is 0 Å². The molecule has 0 aliphatic heterocycles. The van der Waals surface area contributed by atoms with Gasteiger partial charge in [-0.1, -0.05) is 256 Å². The third-order valence-corrected chi connectivity index (χ3v) is 16.5. The SMILES string of the molecule is CC(C(F)(F)F)(C(F)(F)F)C(F)(F)F.CC(C)C(C)C.CCC(C)(C)C.CCC(C)(C)C(F)(F)F.CCC(C)CC.CCCC(C(F)(F)F)C(F)(F)F.CCCCCC(F)(F)F.CCCCCCC(F)(F)F.CCCC[C@H](C)C(F)(F)F.CCC[C@H](C)C(F)(F)F.CCC[C@H](C)CC(F)(F)F.C[C@@H](CCC(F)(F)F)C(F)(F)F. The highest BCUT2D eigenvalue weighted by molar-refractivity contribution is 4.95. The lowest BCUT2D eigenvalue weighted by Crippen LogP contribution is -2.57. The summed E-state index contributed by atoms with van der Waals surface area (Å²) in [5, 5.41) is 0. The minimum absolute atomic E-state index is 0.135. The van der Waals surface area contributed by atoms with Crippen LogP contribution >= 0.6 is 0 Å². The van der Waals surface area contributed by atoms with Gasteiger partial charge in [-0.25, -0.2) is 0 Å².